The lowest BCUT2D eigenvalue weighted by molar-refractivity contribution is 0.436. The van der Waals surface area contributed by atoms with Crippen LogP contribution in [0.25, 0.3) is 0 Å². The summed E-state index contributed by atoms with van der Waals surface area (Å²) in [6.07, 6.45) is 3.63. The van der Waals surface area contributed by atoms with Crippen LogP contribution < -0.4 is 11.3 Å². The molecule has 0 bridgehead atoms. The maximum atomic E-state index is 11.6. The molecule has 0 amide bonds. The van der Waals surface area contributed by atoms with Gasteiger partial charge in [-0.15, -0.1) is 0 Å². The minimum atomic E-state index is -0.252. The third-order valence-electron chi connectivity index (χ3n) is 2.31. The van der Waals surface area contributed by atoms with Crippen LogP contribution in [-0.2, 0) is 6.54 Å². The number of halogens is 1. The molecule has 0 aliphatic heterocycles. The molecule has 0 aliphatic carbocycles. The van der Waals surface area contributed by atoms with E-state index in [4.69, 9.17) is 17.3 Å². The Balaban J connectivity index is 2.87. The van der Waals surface area contributed by atoms with E-state index in [1.54, 1.807) is 0 Å². The normalized spacial score (nSPS) is 12.7. The van der Waals surface area contributed by atoms with Crippen molar-refractivity contribution in [2.75, 3.05) is 5.73 Å². The number of hydrogen-bond donors (Lipinski definition) is 1. The monoisotopic (exact) mass is 229 g/mol. The Morgan fingerprint density at radius 3 is 2.93 bits per heavy atom. The molecule has 1 rings (SSSR count). The number of nitrogens with zero attached hydrogens (tertiary/aromatic N) is 2. The van der Waals surface area contributed by atoms with Gasteiger partial charge in [0, 0.05) is 6.54 Å². The summed E-state index contributed by atoms with van der Waals surface area (Å²) in [6.45, 7) is 4.86. The smallest absolute Gasteiger partial charge is 0.278 e. The Morgan fingerprint density at radius 1 is 1.67 bits per heavy atom. The fraction of sp³-hybridized carbons (Fsp3) is 0.600. The van der Waals surface area contributed by atoms with Gasteiger partial charge in [0.15, 0.2) is 5.15 Å². The van der Waals surface area contributed by atoms with Crippen LogP contribution in [0.4, 0.5) is 5.69 Å². The van der Waals surface area contributed by atoms with E-state index in [0.717, 1.165) is 12.8 Å². The van der Waals surface area contributed by atoms with Crippen molar-refractivity contribution in [2.45, 2.75) is 33.2 Å². The fourth-order valence-corrected chi connectivity index (χ4v) is 1.66. The second kappa shape index (κ2) is 5.16. The van der Waals surface area contributed by atoms with Crippen LogP contribution in [0.2, 0.25) is 5.15 Å². The van der Waals surface area contributed by atoms with Gasteiger partial charge in [-0.2, -0.15) is 0 Å². The first-order valence-corrected chi connectivity index (χ1v) is 5.44. The van der Waals surface area contributed by atoms with Gasteiger partial charge in [-0.3, -0.25) is 9.36 Å². The summed E-state index contributed by atoms with van der Waals surface area (Å²) in [7, 11) is 0. The third-order valence-corrected chi connectivity index (χ3v) is 2.62. The summed E-state index contributed by atoms with van der Waals surface area (Å²) < 4.78 is 1.52. The Kier molecular flexibility index (Phi) is 4.15. The molecule has 84 valence electrons. The summed E-state index contributed by atoms with van der Waals surface area (Å²) in [4.78, 5) is 15.5. The van der Waals surface area contributed by atoms with Crippen molar-refractivity contribution in [1.29, 1.82) is 0 Å². The molecule has 2 N–H and O–H groups in total. The minimum absolute atomic E-state index is 0.0304. The van der Waals surface area contributed by atoms with E-state index >= 15 is 0 Å². The number of hydrogen-bond acceptors (Lipinski definition) is 3. The van der Waals surface area contributed by atoms with Crippen LogP contribution in [0, 0.1) is 5.92 Å². The van der Waals surface area contributed by atoms with Crippen molar-refractivity contribution in [3.63, 3.8) is 0 Å². The van der Waals surface area contributed by atoms with Crippen molar-refractivity contribution in [3.05, 3.63) is 21.8 Å². The molecule has 1 aromatic heterocycles. The van der Waals surface area contributed by atoms with E-state index in [9.17, 15) is 4.79 Å². The highest BCUT2D eigenvalue weighted by molar-refractivity contribution is 6.31. The third kappa shape index (κ3) is 2.96. The van der Waals surface area contributed by atoms with Gasteiger partial charge in [0.2, 0.25) is 0 Å². The molecule has 0 saturated heterocycles. The second-order valence-corrected chi connectivity index (χ2v) is 4.16. The highest BCUT2D eigenvalue weighted by Gasteiger charge is 2.08. The molecule has 0 fully saturated rings. The summed E-state index contributed by atoms with van der Waals surface area (Å²) in [6, 6.07) is 0. The Labute approximate surface area is 94.1 Å². The molecule has 1 aromatic rings. The predicted octanol–water partition coefficient (Wildman–Crippen LogP) is 1.92. The van der Waals surface area contributed by atoms with Gasteiger partial charge >= 0.3 is 0 Å². The Hall–Kier alpha value is -1.03. The molecule has 5 heteroatoms. The minimum Gasteiger partial charge on any atom is -0.392 e. The molecule has 15 heavy (non-hydrogen) atoms. The zero-order valence-electron chi connectivity index (χ0n) is 9.03. The predicted molar refractivity (Wildman–Crippen MR) is 62.0 cm³/mol. The summed E-state index contributed by atoms with van der Waals surface area (Å²) in [5, 5.41) is 0.0828. The maximum absolute atomic E-state index is 11.6. The molecule has 0 aliphatic rings. The van der Waals surface area contributed by atoms with E-state index in [2.05, 4.69) is 18.8 Å². The standard InChI is InChI=1S/C10H16ClN3O/c1-3-4-7(2)5-14-6-13-9(11)8(12)10(14)15/h6-7H,3-5,12H2,1-2H3. The first-order valence-electron chi connectivity index (χ1n) is 5.06. The van der Waals surface area contributed by atoms with E-state index < -0.39 is 0 Å². The van der Waals surface area contributed by atoms with Crippen molar-refractivity contribution in [3.8, 4) is 0 Å². The van der Waals surface area contributed by atoms with Crippen molar-refractivity contribution >= 4 is 17.3 Å². The van der Waals surface area contributed by atoms with E-state index in [1.807, 2.05) is 0 Å². The molecule has 0 saturated carbocycles. The quantitative estimate of drug-likeness (QED) is 0.803. The average molecular weight is 230 g/mol. The van der Waals surface area contributed by atoms with Crippen LogP contribution in [0.5, 0.6) is 0 Å². The first-order chi connectivity index (χ1) is 7.06. The number of anilines is 1. The SMILES string of the molecule is CCCC(C)Cn1cnc(Cl)c(N)c1=O. The average Bonchev–Trinajstić information content (AvgIpc) is 2.20. The number of nitrogen functional groups attached to an aromatic ring is 1. The summed E-state index contributed by atoms with van der Waals surface area (Å²) >= 11 is 5.63. The van der Waals surface area contributed by atoms with Crippen LogP contribution in [0.3, 0.4) is 0 Å². The van der Waals surface area contributed by atoms with Gasteiger partial charge in [0.05, 0.1) is 6.33 Å². The van der Waals surface area contributed by atoms with E-state index in [0.29, 0.717) is 12.5 Å². The lowest BCUT2D eigenvalue weighted by Gasteiger charge is -2.12. The number of aromatic nitrogens is 2. The first kappa shape index (κ1) is 12.0. The Morgan fingerprint density at radius 2 is 2.33 bits per heavy atom. The molecule has 1 unspecified atom stereocenters. The van der Waals surface area contributed by atoms with Crippen molar-refractivity contribution in [1.82, 2.24) is 9.55 Å². The topological polar surface area (TPSA) is 60.9 Å². The molecule has 1 atom stereocenters. The van der Waals surface area contributed by atoms with Gasteiger partial charge in [-0.05, 0) is 12.3 Å². The number of nitrogens with two attached hydrogens (primary N) is 1. The van der Waals surface area contributed by atoms with Crippen molar-refractivity contribution < 1.29 is 0 Å². The van der Waals surface area contributed by atoms with Crippen LogP contribution in [0.15, 0.2) is 11.1 Å². The summed E-state index contributed by atoms with van der Waals surface area (Å²) in [5.41, 5.74) is 5.28. The fourth-order valence-electron chi connectivity index (χ4n) is 1.54. The van der Waals surface area contributed by atoms with Crippen LogP contribution in [-0.4, -0.2) is 9.55 Å². The highest BCUT2D eigenvalue weighted by atomic mass is 35.5. The van der Waals surface area contributed by atoms with Crippen LogP contribution >= 0.6 is 11.6 Å². The lowest BCUT2D eigenvalue weighted by Crippen LogP contribution is -2.26. The highest BCUT2D eigenvalue weighted by Crippen LogP contribution is 2.11. The van der Waals surface area contributed by atoms with Gasteiger partial charge in [0.25, 0.3) is 5.56 Å². The van der Waals surface area contributed by atoms with Crippen molar-refractivity contribution in [2.24, 2.45) is 5.92 Å². The molecular weight excluding hydrogens is 214 g/mol. The van der Waals surface area contributed by atoms with E-state index in [-0.39, 0.29) is 16.4 Å². The maximum Gasteiger partial charge on any atom is 0.278 e. The second-order valence-electron chi connectivity index (χ2n) is 3.80. The molecule has 1 heterocycles. The molecule has 4 nitrogen and oxygen atoms in total. The number of rotatable bonds is 4. The molecule has 0 aromatic carbocycles. The molecule has 0 radical (unpaired) electrons. The molecule has 0 spiro atoms. The van der Waals surface area contributed by atoms with E-state index in [1.165, 1.54) is 10.9 Å². The van der Waals surface area contributed by atoms with Gasteiger partial charge < -0.3 is 5.73 Å². The largest absolute Gasteiger partial charge is 0.392 e. The lowest BCUT2D eigenvalue weighted by atomic mass is 10.1. The molecular formula is C10H16ClN3O. The Bertz CT molecular complexity index is 389. The van der Waals surface area contributed by atoms with Crippen LogP contribution in [0.1, 0.15) is 26.7 Å². The zero-order valence-corrected chi connectivity index (χ0v) is 9.79. The zero-order chi connectivity index (χ0) is 11.4. The van der Waals surface area contributed by atoms with Gasteiger partial charge in [-0.1, -0.05) is 31.9 Å². The van der Waals surface area contributed by atoms with Gasteiger partial charge in [0.1, 0.15) is 5.69 Å². The summed E-state index contributed by atoms with van der Waals surface area (Å²) in [5.74, 6) is 0.440. The van der Waals surface area contributed by atoms with Gasteiger partial charge in [-0.25, -0.2) is 4.98 Å².